The lowest BCUT2D eigenvalue weighted by Gasteiger charge is -2.30. The zero-order valence-corrected chi connectivity index (χ0v) is 12.9. The number of nitrogens with one attached hydrogen (secondary N) is 1. The summed E-state index contributed by atoms with van der Waals surface area (Å²) in [5.74, 6) is 1.04. The minimum absolute atomic E-state index is 0.0658. The Morgan fingerprint density at radius 1 is 1.19 bits per heavy atom. The van der Waals surface area contributed by atoms with Crippen LogP contribution in [0, 0.1) is 5.92 Å². The fourth-order valence-corrected chi connectivity index (χ4v) is 2.55. The van der Waals surface area contributed by atoms with Crippen LogP contribution in [0.1, 0.15) is 43.5 Å². The molecule has 0 unspecified atom stereocenters. The highest BCUT2D eigenvalue weighted by Gasteiger charge is 2.19. The van der Waals surface area contributed by atoms with Gasteiger partial charge in [-0.15, -0.1) is 0 Å². The van der Waals surface area contributed by atoms with E-state index in [1.165, 1.54) is 0 Å². The van der Waals surface area contributed by atoms with Gasteiger partial charge in [-0.05, 0) is 49.9 Å². The molecule has 0 radical (unpaired) electrons. The van der Waals surface area contributed by atoms with Crippen molar-refractivity contribution in [2.45, 2.75) is 33.1 Å². The van der Waals surface area contributed by atoms with Crippen molar-refractivity contribution < 1.29 is 9.59 Å². The molecule has 0 atom stereocenters. The Balaban J connectivity index is 1.73. The second-order valence-corrected chi connectivity index (χ2v) is 5.87. The second kappa shape index (κ2) is 7.25. The number of carbonyl (C=O) groups is 2. The zero-order chi connectivity index (χ0) is 15.2. The van der Waals surface area contributed by atoms with Crippen LogP contribution in [-0.2, 0) is 4.79 Å². The number of ketones is 1. The van der Waals surface area contributed by atoms with Crippen molar-refractivity contribution in [1.82, 2.24) is 4.90 Å². The van der Waals surface area contributed by atoms with Gasteiger partial charge in [-0.1, -0.05) is 6.92 Å². The fraction of sp³-hybridized carbons (Fsp3) is 0.529. The number of likely N-dealkylation sites (tertiary alicyclic amines) is 1. The van der Waals surface area contributed by atoms with E-state index in [9.17, 15) is 9.59 Å². The van der Waals surface area contributed by atoms with Crippen molar-refractivity contribution in [3.63, 3.8) is 0 Å². The molecule has 0 aromatic heterocycles. The number of piperidine rings is 1. The van der Waals surface area contributed by atoms with Gasteiger partial charge < -0.3 is 10.2 Å². The Bertz CT molecular complexity index is 488. The van der Waals surface area contributed by atoms with E-state index in [0.29, 0.717) is 18.5 Å². The molecular formula is C17H24N2O2. The first kappa shape index (κ1) is 15.5. The molecule has 1 aliphatic heterocycles. The van der Waals surface area contributed by atoms with Crippen LogP contribution in [0.15, 0.2) is 24.3 Å². The van der Waals surface area contributed by atoms with Gasteiger partial charge in [0.15, 0.2) is 5.78 Å². The van der Waals surface area contributed by atoms with E-state index in [1.54, 1.807) is 19.1 Å². The molecule has 114 valence electrons. The normalized spacial score (nSPS) is 15.8. The van der Waals surface area contributed by atoms with E-state index in [0.717, 1.165) is 37.5 Å². The predicted molar refractivity (Wildman–Crippen MR) is 84.5 cm³/mol. The maximum absolute atomic E-state index is 12.1. The molecule has 1 aliphatic rings. The van der Waals surface area contributed by atoms with Crippen LogP contribution in [0.2, 0.25) is 0 Å². The maximum Gasteiger partial charge on any atom is 0.224 e. The van der Waals surface area contributed by atoms with Gasteiger partial charge in [0.1, 0.15) is 0 Å². The second-order valence-electron chi connectivity index (χ2n) is 5.87. The number of anilines is 1. The number of Topliss-reactive ketones (excluding diaryl/α,β-unsaturated/α-hetero) is 1. The highest BCUT2D eigenvalue weighted by molar-refractivity contribution is 5.94. The molecule has 0 bridgehead atoms. The molecule has 0 saturated carbocycles. The van der Waals surface area contributed by atoms with E-state index in [-0.39, 0.29) is 11.7 Å². The van der Waals surface area contributed by atoms with Crippen molar-refractivity contribution in [3.05, 3.63) is 29.8 Å². The quantitative estimate of drug-likeness (QED) is 0.847. The Kier molecular flexibility index (Phi) is 5.37. The summed E-state index contributed by atoms with van der Waals surface area (Å²) in [5.41, 5.74) is 1.65. The third-order valence-corrected chi connectivity index (χ3v) is 4.10. The van der Waals surface area contributed by atoms with E-state index < -0.39 is 0 Å². The van der Waals surface area contributed by atoms with Crippen LogP contribution in [0.5, 0.6) is 0 Å². The molecule has 1 heterocycles. The van der Waals surface area contributed by atoms with Gasteiger partial charge in [-0.25, -0.2) is 0 Å². The molecule has 4 heteroatoms. The summed E-state index contributed by atoms with van der Waals surface area (Å²) < 4.78 is 0. The first-order valence-electron chi connectivity index (χ1n) is 7.69. The smallest absolute Gasteiger partial charge is 0.224 e. The number of amides is 1. The van der Waals surface area contributed by atoms with Crippen LogP contribution in [0.25, 0.3) is 0 Å². The number of hydrogen-bond acceptors (Lipinski definition) is 3. The van der Waals surface area contributed by atoms with Gasteiger partial charge in [-0.3, -0.25) is 9.59 Å². The summed E-state index contributed by atoms with van der Waals surface area (Å²) in [6, 6.07) is 7.37. The Morgan fingerprint density at radius 2 is 1.81 bits per heavy atom. The topological polar surface area (TPSA) is 49.4 Å². The highest BCUT2D eigenvalue weighted by Crippen LogP contribution is 2.16. The summed E-state index contributed by atoms with van der Waals surface area (Å²) in [7, 11) is 0. The van der Waals surface area contributed by atoms with Gasteiger partial charge >= 0.3 is 0 Å². The van der Waals surface area contributed by atoms with Crippen LogP contribution in [0.3, 0.4) is 0 Å². The summed E-state index contributed by atoms with van der Waals surface area (Å²) >= 11 is 0. The standard InChI is InChI=1S/C17H24N2O2/c1-13-8-11-19(12-9-13)17(21)7-10-18-16-5-3-15(4-6-16)14(2)20/h3-6,13,18H,7-12H2,1-2H3. The fourth-order valence-electron chi connectivity index (χ4n) is 2.55. The molecule has 0 spiro atoms. The Morgan fingerprint density at radius 3 is 2.38 bits per heavy atom. The largest absolute Gasteiger partial charge is 0.385 e. The molecule has 21 heavy (non-hydrogen) atoms. The molecule has 1 amide bonds. The van der Waals surface area contributed by atoms with E-state index >= 15 is 0 Å². The van der Waals surface area contributed by atoms with Crippen molar-refractivity contribution in [2.75, 3.05) is 25.0 Å². The van der Waals surface area contributed by atoms with Crippen LogP contribution < -0.4 is 5.32 Å². The number of nitrogens with zero attached hydrogens (tertiary/aromatic N) is 1. The molecule has 1 aromatic rings. The van der Waals surface area contributed by atoms with Gasteiger partial charge in [0.25, 0.3) is 0 Å². The van der Waals surface area contributed by atoms with Gasteiger partial charge in [0, 0.05) is 37.3 Å². The van der Waals surface area contributed by atoms with Crippen LogP contribution in [-0.4, -0.2) is 36.2 Å². The van der Waals surface area contributed by atoms with Crippen molar-refractivity contribution in [2.24, 2.45) is 5.92 Å². The van der Waals surface area contributed by atoms with Gasteiger partial charge in [-0.2, -0.15) is 0 Å². The number of carbonyl (C=O) groups excluding carboxylic acids is 2. The lowest BCUT2D eigenvalue weighted by atomic mass is 9.99. The van der Waals surface area contributed by atoms with Crippen molar-refractivity contribution >= 4 is 17.4 Å². The lowest BCUT2D eigenvalue weighted by Crippen LogP contribution is -2.38. The number of hydrogen-bond donors (Lipinski definition) is 1. The average Bonchev–Trinajstić information content (AvgIpc) is 2.48. The molecule has 1 fully saturated rings. The molecule has 1 aromatic carbocycles. The van der Waals surface area contributed by atoms with Gasteiger partial charge in [0.05, 0.1) is 0 Å². The van der Waals surface area contributed by atoms with Crippen LogP contribution >= 0.6 is 0 Å². The zero-order valence-electron chi connectivity index (χ0n) is 12.9. The van der Waals surface area contributed by atoms with E-state index in [4.69, 9.17) is 0 Å². The Hall–Kier alpha value is -1.84. The molecule has 1 saturated heterocycles. The lowest BCUT2D eigenvalue weighted by molar-refractivity contribution is -0.132. The third-order valence-electron chi connectivity index (χ3n) is 4.10. The van der Waals surface area contributed by atoms with E-state index in [1.807, 2.05) is 17.0 Å². The minimum atomic E-state index is 0.0658. The highest BCUT2D eigenvalue weighted by atomic mass is 16.2. The first-order valence-corrected chi connectivity index (χ1v) is 7.69. The molecule has 2 rings (SSSR count). The summed E-state index contributed by atoms with van der Waals surface area (Å²) in [6.07, 6.45) is 2.75. The van der Waals surface area contributed by atoms with E-state index in [2.05, 4.69) is 12.2 Å². The SMILES string of the molecule is CC(=O)c1ccc(NCCC(=O)N2CCC(C)CC2)cc1. The number of benzene rings is 1. The summed E-state index contributed by atoms with van der Waals surface area (Å²) in [6.45, 7) is 6.22. The predicted octanol–water partition coefficient (Wildman–Crippen LogP) is 2.95. The maximum atomic E-state index is 12.1. The molecule has 4 nitrogen and oxygen atoms in total. The summed E-state index contributed by atoms with van der Waals surface area (Å²) in [4.78, 5) is 25.2. The minimum Gasteiger partial charge on any atom is -0.385 e. The van der Waals surface area contributed by atoms with Crippen molar-refractivity contribution in [1.29, 1.82) is 0 Å². The molecule has 0 aliphatic carbocycles. The average molecular weight is 288 g/mol. The third kappa shape index (κ3) is 4.59. The number of rotatable bonds is 5. The molecule has 1 N–H and O–H groups in total. The van der Waals surface area contributed by atoms with Gasteiger partial charge in [0.2, 0.25) is 5.91 Å². The first-order chi connectivity index (χ1) is 10.1. The monoisotopic (exact) mass is 288 g/mol. The molecular weight excluding hydrogens is 264 g/mol. The van der Waals surface area contributed by atoms with Crippen LogP contribution in [0.4, 0.5) is 5.69 Å². The Labute approximate surface area is 126 Å². The summed E-state index contributed by atoms with van der Waals surface area (Å²) in [5, 5.41) is 3.23. The van der Waals surface area contributed by atoms with Crippen molar-refractivity contribution in [3.8, 4) is 0 Å².